The summed E-state index contributed by atoms with van der Waals surface area (Å²) in [5.41, 5.74) is 1.13. The van der Waals surface area contributed by atoms with Crippen LogP contribution in [0, 0.1) is 5.92 Å². The normalized spacial score (nSPS) is 23.7. The topological polar surface area (TPSA) is 62.2 Å². The third kappa shape index (κ3) is 4.18. The summed E-state index contributed by atoms with van der Waals surface area (Å²) in [7, 11) is 1.93. The number of hydrogen-bond donors (Lipinski definition) is 2. The molecule has 0 radical (unpaired) electrons. The summed E-state index contributed by atoms with van der Waals surface area (Å²) in [4.78, 5) is 14.5. The van der Waals surface area contributed by atoms with Crippen LogP contribution >= 0.6 is 0 Å². The van der Waals surface area contributed by atoms with Gasteiger partial charge >= 0.3 is 6.03 Å². The van der Waals surface area contributed by atoms with Crippen molar-refractivity contribution in [1.82, 2.24) is 20.4 Å². The van der Waals surface area contributed by atoms with Crippen LogP contribution in [-0.2, 0) is 7.05 Å². The molecule has 2 N–H and O–H groups in total. The second-order valence-electron chi connectivity index (χ2n) is 7.11. The number of urea groups is 1. The van der Waals surface area contributed by atoms with Crippen molar-refractivity contribution >= 4 is 11.7 Å². The maximum absolute atomic E-state index is 12.2. The summed E-state index contributed by atoms with van der Waals surface area (Å²) in [6.45, 7) is 3.97. The molecular formula is C17H29N5O. The molecule has 23 heavy (non-hydrogen) atoms. The van der Waals surface area contributed by atoms with Crippen LogP contribution in [0.15, 0.2) is 12.4 Å². The largest absolute Gasteiger partial charge is 0.367 e. The van der Waals surface area contributed by atoms with E-state index >= 15 is 0 Å². The van der Waals surface area contributed by atoms with Crippen molar-refractivity contribution in [2.45, 2.75) is 57.5 Å². The summed E-state index contributed by atoms with van der Waals surface area (Å²) in [6, 6.07) is 0.473. The van der Waals surface area contributed by atoms with Crippen LogP contribution in [0.25, 0.3) is 0 Å². The molecular weight excluding hydrogens is 290 g/mol. The molecule has 0 aromatic carbocycles. The molecule has 6 heteroatoms. The number of carbonyl (C=O) groups excluding carboxylic acids is 1. The molecule has 1 saturated carbocycles. The number of amides is 2. The lowest BCUT2D eigenvalue weighted by Crippen LogP contribution is -2.48. The smallest absolute Gasteiger partial charge is 0.315 e. The van der Waals surface area contributed by atoms with E-state index in [1.807, 2.05) is 24.1 Å². The average molecular weight is 319 g/mol. The van der Waals surface area contributed by atoms with Gasteiger partial charge in [0.05, 0.1) is 11.9 Å². The molecule has 1 saturated heterocycles. The third-order valence-electron chi connectivity index (χ3n) is 5.30. The van der Waals surface area contributed by atoms with E-state index < -0.39 is 0 Å². The van der Waals surface area contributed by atoms with Crippen molar-refractivity contribution < 1.29 is 4.79 Å². The highest BCUT2D eigenvalue weighted by Gasteiger charge is 2.26. The fourth-order valence-electron chi connectivity index (χ4n) is 3.87. The van der Waals surface area contributed by atoms with Crippen LogP contribution in [0.4, 0.5) is 10.5 Å². The van der Waals surface area contributed by atoms with E-state index in [1.165, 1.54) is 32.1 Å². The van der Waals surface area contributed by atoms with E-state index in [1.54, 1.807) is 0 Å². The Labute approximate surface area is 138 Å². The maximum Gasteiger partial charge on any atom is 0.315 e. The maximum atomic E-state index is 12.2. The van der Waals surface area contributed by atoms with Gasteiger partial charge in [0.25, 0.3) is 0 Å². The zero-order chi connectivity index (χ0) is 16.2. The van der Waals surface area contributed by atoms with Gasteiger partial charge in [-0.05, 0) is 32.1 Å². The van der Waals surface area contributed by atoms with Crippen molar-refractivity contribution in [3.05, 3.63) is 12.4 Å². The van der Waals surface area contributed by atoms with E-state index in [-0.39, 0.29) is 18.1 Å². The lowest BCUT2D eigenvalue weighted by atomic mass is 9.85. The first-order valence-corrected chi connectivity index (χ1v) is 8.92. The Hall–Kier alpha value is -1.72. The second-order valence-corrected chi connectivity index (χ2v) is 7.11. The number of hydrogen-bond acceptors (Lipinski definition) is 3. The summed E-state index contributed by atoms with van der Waals surface area (Å²) in [5, 5.41) is 10.5. The number of rotatable bonds is 4. The molecule has 0 spiro atoms. The van der Waals surface area contributed by atoms with Crippen LogP contribution in [-0.4, -0.2) is 41.0 Å². The summed E-state index contributed by atoms with van der Waals surface area (Å²) >= 11 is 0. The first-order valence-electron chi connectivity index (χ1n) is 8.92. The van der Waals surface area contributed by atoms with Gasteiger partial charge in [0, 0.05) is 38.4 Å². The van der Waals surface area contributed by atoms with Crippen molar-refractivity contribution in [3.63, 3.8) is 0 Å². The first-order chi connectivity index (χ1) is 11.1. The van der Waals surface area contributed by atoms with Gasteiger partial charge in [-0.2, -0.15) is 5.10 Å². The SMILES string of the molecule is C[C@@H](NC(=O)N[C@@H]1CCN(c2cnn(C)c2)C1)C1CCCCC1. The molecule has 2 atom stereocenters. The van der Waals surface area contributed by atoms with Gasteiger partial charge in [-0.1, -0.05) is 19.3 Å². The van der Waals surface area contributed by atoms with Crippen molar-refractivity contribution in [2.75, 3.05) is 18.0 Å². The predicted molar refractivity (Wildman–Crippen MR) is 91.5 cm³/mol. The average Bonchev–Trinajstić information content (AvgIpc) is 3.17. The Kier molecular flexibility index (Phi) is 5.08. The highest BCUT2D eigenvalue weighted by molar-refractivity contribution is 5.74. The van der Waals surface area contributed by atoms with Crippen LogP contribution in [0.1, 0.15) is 45.4 Å². The number of anilines is 1. The van der Waals surface area contributed by atoms with Crippen LogP contribution in [0.5, 0.6) is 0 Å². The zero-order valence-corrected chi connectivity index (χ0v) is 14.3. The van der Waals surface area contributed by atoms with Crippen LogP contribution < -0.4 is 15.5 Å². The Morgan fingerprint density at radius 1 is 1.30 bits per heavy atom. The molecule has 2 heterocycles. The Balaban J connectivity index is 1.43. The molecule has 1 aliphatic carbocycles. The van der Waals surface area contributed by atoms with Gasteiger partial charge in [0.15, 0.2) is 0 Å². The summed E-state index contributed by atoms with van der Waals surface area (Å²) < 4.78 is 1.81. The molecule has 3 rings (SSSR count). The lowest BCUT2D eigenvalue weighted by Gasteiger charge is -2.28. The first kappa shape index (κ1) is 16.1. The quantitative estimate of drug-likeness (QED) is 0.895. The molecule has 1 aliphatic heterocycles. The Bertz CT molecular complexity index is 523. The molecule has 1 aromatic rings. The van der Waals surface area contributed by atoms with Gasteiger partial charge in [-0.3, -0.25) is 4.68 Å². The Morgan fingerprint density at radius 2 is 2.09 bits per heavy atom. The number of aromatic nitrogens is 2. The van der Waals surface area contributed by atoms with Crippen molar-refractivity contribution in [2.24, 2.45) is 13.0 Å². The predicted octanol–water partition coefficient (Wildman–Crippen LogP) is 2.27. The van der Waals surface area contributed by atoms with E-state index in [4.69, 9.17) is 0 Å². The molecule has 2 aliphatic rings. The fourth-order valence-corrected chi connectivity index (χ4v) is 3.87. The summed E-state index contributed by atoms with van der Waals surface area (Å²) in [6.07, 6.45) is 11.4. The number of carbonyl (C=O) groups is 1. The van der Waals surface area contributed by atoms with Gasteiger partial charge < -0.3 is 15.5 Å². The Morgan fingerprint density at radius 3 is 2.78 bits per heavy atom. The summed E-state index contributed by atoms with van der Waals surface area (Å²) in [5.74, 6) is 0.643. The molecule has 2 fully saturated rings. The van der Waals surface area contributed by atoms with Crippen LogP contribution in [0.3, 0.4) is 0 Å². The number of aryl methyl sites for hydroxylation is 1. The lowest BCUT2D eigenvalue weighted by molar-refractivity contribution is 0.222. The third-order valence-corrected chi connectivity index (χ3v) is 5.30. The standard InChI is InChI=1S/C17H29N5O/c1-13(14-6-4-3-5-7-14)19-17(23)20-15-8-9-22(11-15)16-10-18-21(2)12-16/h10,12-15H,3-9,11H2,1-2H3,(H2,19,20,23)/t13-,15-/m1/s1. The zero-order valence-electron chi connectivity index (χ0n) is 14.3. The monoisotopic (exact) mass is 319 g/mol. The minimum Gasteiger partial charge on any atom is -0.367 e. The van der Waals surface area contributed by atoms with E-state index in [9.17, 15) is 4.79 Å². The second kappa shape index (κ2) is 7.23. The molecule has 1 aromatic heterocycles. The number of nitrogens with one attached hydrogen (secondary N) is 2. The van der Waals surface area contributed by atoms with Crippen molar-refractivity contribution in [1.29, 1.82) is 0 Å². The molecule has 128 valence electrons. The van der Waals surface area contributed by atoms with Crippen molar-refractivity contribution in [3.8, 4) is 0 Å². The highest BCUT2D eigenvalue weighted by atomic mass is 16.2. The highest BCUT2D eigenvalue weighted by Crippen LogP contribution is 2.26. The van der Waals surface area contributed by atoms with E-state index in [2.05, 4.69) is 27.6 Å². The van der Waals surface area contributed by atoms with E-state index in [0.717, 1.165) is 25.2 Å². The molecule has 0 unspecified atom stereocenters. The number of nitrogens with zero attached hydrogens (tertiary/aromatic N) is 3. The minimum atomic E-state index is -0.0129. The molecule has 0 bridgehead atoms. The van der Waals surface area contributed by atoms with Gasteiger partial charge in [-0.25, -0.2) is 4.79 Å². The fraction of sp³-hybridized carbons (Fsp3) is 0.765. The minimum absolute atomic E-state index is 0.0129. The molecule has 2 amide bonds. The van der Waals surface area contributed by atoms with E-state index in [0.29, 0.717) is 5.92 Å². The molecule has 6 nitrogen and oxygen atoms in total. The van der Waals surface area contributed by atoms with Gasteiger partial charge in [0.2, 0.25) is 0 Å². The van der Waals surface area contributed by atoms with Gasteiger partial charge in [-0.15, -0.1) is 0 Å². The van der Waals surface area contributed by atoms with Gasteiger partial charge in [0.1, 0.15) is 0 Å². The van der Waals surface area contributed by atoms with Crippen LogP contribution in [0.2, 0.25) is 0 Å².